The second-order valence-corrected chi connectivity index (χ2v) is 6.05. The van der Waals surface area contributed by atoms with E-state index in [1.54, 1.807) is 0 Å². The summed E-state index contributed by atoms with van der Waals surface area (Å²) in [7, 11) is 0. The van der Waals surface area contributed by atoms with Gasteiger partial charge in [-0.3, -0.25) is 9.69 Å². The highest BCUT2D eigenvalue weighted by Crippen LogP contribution is 2.32. The van der Waals surface area contributed by atoms with Crippen LogP contribution in [0.3, 0.4) is 0 Å². The van der Waals surface area contributed by atoms with Gasteiger partial charge < -0.3 is 4.74 Å². The SMILES string of the molecule is CCOC(=O)C(C)(C)C1=CCN(Cc2ccccc2)CC1.Cl. The number of rotatable bonds is 5. The van der Waals surface area contributed by atoms with E-state index in [4.69, 9.17) is 4.74 Å². The molecule has 0 unspecified atom stereocenters. The Bertz CT molecular complexity index is 511. The lowest BCUT2D eigenvalue weighted by atomic mass is 9.81. The molecular weight excluding hydrogens is 298 g/mol. The summed E-state index contributed by atoms with van der Waals surface area (Å²) in [6.07, 6.45) is 3.13. The van der Waals surface area contributed by atoms with Crippen LogP contribution in [0.4, 0.5) is 0 Å². The summed E-state index contributed by atoms with van der Waals surface area (Å²) in [6, 6.07) is 10.5. The van der Waals surface area contributed by atoms with Crippen LogP contribution in [0.5, 0.6) is 0 Å². The van der Waals surface area contributed by atoms with Crippen molar-refractivity contribution in [2.45, 2.75) is 33.7 Å². The summed E-state index contributed by atoms with van der Waals surface area (Å²) < 4.78 is 5.19. The van der Waals surface area contributed by atoms with Gasteiger partial charge >= 0.3 is 5.97 Å². The van der Waals surface area contributed by atoms with Gasteiger partial charge in [-0.2, -0.15) is 0 Å². The summed E-state index contributed by atoms with van der Waals surface area (Å²) in [5.41, 5.74) is 2.03. The van der Waals surface area contributed by atoms with E-state index in [2.05, 4.69) is 35.2 Å². The first-order chi connectivity index (χ1) is 10.0. The Morgan fingerprint density at radius 2 is 1.95 bits per heavy atom. The summed E-state index contributed by atoms with van der Waals surface area (Å²) in [4.78, 5) is 14.5. The monoisotopic (exact) mass is 323 g/mol. The molecule has 2 rings (SSSR count). The highest BCUT2D eigenvalue weighted by molar-refractivity contribution is 5.85. The molecule has 122 valence electrons. The quantitative estimate of drug-likeness (QED) is 0.609. The molecule has 0 amide bonds. The summed E-state index contributed by atoms with van der Waals surface area (Å²) in [6.45, 7) is 9.06. The third-order valence-corrected chi connectivity index (χ3v) is 4.13. The number of halogens is 1. The Hall–Kier alpha value is -1.32. The number of ether oxygens (including phenoxy) is 1. The first-order valence-electron chi connectivity index (χ1n) is 7.67. The Morgan fingerprint density at radius 1 is 1.27 bits per heavy atom. The number of nitrogens with zero attached hydrogens (tertiary/aromatic N) is 1. The molecule has 1 aliphatic rings. The smallest absolute Gasteiger partial charge is 0.315 e. The Labute approximate surface area is 139 Å². The molecule has 0 saturated carbocycles. The average molecular weight is 324 g/mol. The van der Waals surface area contributed by atoms with Crippen molar-refractivity contribution in [1.82, 2.24) is 4.90 Å². The second kappa shape index (κ2) is 8.35. The standard InChI is InChI=1S/C18H25NO2.ClH/c1-4-21-17(20)18(2,3)16-10-12-19(13-11-16)14-15-8-6-5-7-9-15;/h5-10H,4,11-14H2,1-3H3;1H. The van der Waals surface area contributed by atoms with Gasteiger partial charge in [-0.15, -0.1) is 12.4 Å². The maximum absolute atomic E-state index is 12.1. The molecule has 3 nitrogen and oxygen atoms in total. The summed E-state index contributed by atoms with van der Waals surface area (Å²) in [5, 5.41) is 0. The zero-order chi connectivity index (χ0) is 15.3. The largest absolute Gasteiger partial charge is 0.465 e. The number of carbonyl (C=O) groups excluding carboxylic acids is 1. The van der Waals surface area contributed by atoms with Gasteiger partial charge in [-0.05, 0) is 32.8 Å². The van der Waals surface area contributed by atoms with Gasteiger partial charge in [0.15, 0.2) is 0 Å². The van der Waals surface area contributed by atoms with Crippen LogP contribution in [0.25, 0.3) is 0 Å². The van der Waals surface area contributed by atoms with Crippen molar-refractivity contribution in [2.24, 2.45) is 5.41 Å². The van der Waals surface area contributed by atoms with Gasteiger partial charge in [0.1, 0.15) is 0 Å². The second-order valence-electron chi connectivity index (χ2n) is 6.05. The maximum atomic E-state index is 12.1. The molecule has 0 radical (unpaired) electrons. The molecule has 4 heteroatoms. The zero-order valence-electron chi connectivity index (χ0n) is 13.7. The van der Waals surface area contributed by atoms with Crippen LogP contribution < -0.4 is 0 Å². The molecule has 1 aliphatic heterocycles. The van der Waals surface area contributed by atoms with Crippen LogP contribution >= 0.6 is 12.4 Å². The topological polar surface area (TPSA) is 29.5 Å². The summed E-state index contributed by atoms with van der Waals surface area (Å²) in [5.74, 6) is -0.118. The lowest BCUT2D eigenvalue weighted by Gasteiger charge is -2.32. The minimum atomic E-state index is -0.505. The van der Waals surface area contributed by atoms with E-state index in [9.17, 15) is 4.79 Å². The molecule has 0 aliphatic carbocycles. The van der Waals surface area contributed by atoms with E-state index < -0.39 is 5.41 Å². The number of benzene rings is 1. The molecule has 0 spiro atoms. The Morgan fingerprint density at radius 3 is 2.50 bits per heavy atom. The van der Waals surface area contributed by atoms with Crippen LogP contribution in [-0.4, -0.2) is 30.6 Å². The third-order valence-electron chi connectivity index (χ3n) is 4.13. The molecule has 0 atom stereocenters. The van der Waals surface area contributed by atoms with Crippen LogP contribution in [0.15, 0.2) is 42.0 Å². The molecule has 0 saturated heterocycles. The Kier molecular flexibility index (Phi) is 7.11. The molecule has 1 aromatic rings. The molecule has 0 aromatic heterocycles. The predicted octanol–water partition coefficient (Wildman–Crippen LogP) is 3.83. The van der Waals surface area contributed by atoms with Crippen molar-refractivity contribution in [3.05, 3.63) is 47.5 Å². The lowest BCUT2D eigenvalue weighted by molar-refractivity contribution is -0.151. The first kappa shape index (κ1) is 18.7. The van der Waals surface area contributed by atoms with E-state index >= 15 is 0 Å². The molecule has 1 heterocycles. The molecule has 1 aromatic carbocycles. The normalized spacial score (nSPS) is 15.7. The minimum absolute atomic E-state index is 0. The fourth-order valence-electron chi connectivity index (χ4n) is 2.71. The van der Waals surface area contributed by atoms with E-state index in [1.165, 1.54) is 11.1 Å². The predicted molar refractivity (Wildman–Crippen MR) is 92.1 cm³/mol. The van der Waals surface area contributed by atoms with Crippen LogP contribution in [0.1, 0.15) is 32.8 Å². The average Bonchev–Trinajstić information content (AvgIpc) is 2.49. The zero-order valence-corrected chi connectivity index (χ0v) is 14.5. The first-order valence-corrected chi connectivity index (χ1v) is 7.67. The highest BCUT2D eigenvalue weighted by Gasteiger charge is 2.34. The number of esters is 1. The number of hydrogen-bond acceptors (Lipinski definition) is 3. The van der Waals surface area contributed by atoms with Gasteiger partial charge in [-0.1, -0.05) is 42.0 Å². The van der Waals surface area contributed by atoms with Crippen molar-refractivity contribution in [3.63, 3.8) is 0 Å². The van der Waals surface area contributed by atoms with Gasteiger partial charge in [0.2, 0.25) is 0 Å². The molecule has 0 bridgehead atoms. The van der Waals surface area contributed by atoms with Gasteiger partial charge in [0.25, 0.3) is 0 Å². The number of hydrogen-bond donors (Lipinski definition) is 0. The summed E-state index contributed by atoms with van der Waals surface area (Å²) >= 11 is 0. The fraction of sp³-hybridized carbons (Fsp3) is 0.500. The molecule has 0 fully saturated rings. The van der Waals surface area contributed by atoms with Crippen molar-refractivity contribution >= 4 is 18.4 Å². The number of carbonyl (C=O) groups is 1. The molecule has 22 heavy (non-hydrogen) atoms. The maximum Gasteiger partial charge on any atom is 0.315 e. The minimum Gasteiger partial charge on any atom is -0.465 e. The van der Waals surface area contributed by atoms with Gasteiger partial charge in [0, 0.05) is 19.6 Å². The van der Waals surface area contributed by atoms with E-state index in [0.29, 0.717) is 6.61 Å². The van der Waals surface area contributed by atoms with E-state index in [0.717, 1.165) is 26.1 Å². The van der Waals surface area contributed by atoms with E-state index in [1.807, 2.05) is 26.8 Å². The third kappa shape index (κ3) is 4.59. The van der Waals surface area contributed by atoms with E-state index in [-0.39, 0.29) is 18.4 Å². The van der Waals surface area contributed by atoms with Crippen molar-refractivity contribution in [3.8, 4) is 0 Å². The van der Waals surface area contributed by atoms with Crippen molar-refractivity contribution in [2.75, 3.05) is 19.7 Å². The van der Waals surface area contributed by atoms with Crippen LogP contribution in [-0.2, 0) is 16.1 Å². The Balaban J connectivity index is 0.00000242. The fourth-order valence-corrected chi connectivity index (χ4v) is 2.71. The van der Waals surface area contributed by atoms with Crippen molar-refractivity contribution < 1.29 is 9.53 Å². The van der Waals surface area contributed by atoms with Crippen LogP contribution in [0.2, 0.25) is 0 Å². The highest BCUT2D eigenvalue weighted by atomic mass is 35.5. The van der Waals surface area contributed by atoms with Gasteiger partial charge in [-0.25, -0.2) is 0 Å². The lowest BCUT2D eigenvalue weighted by Crippen LogP contribution is -2.35. The molecular formula is C18H26ClNO2. The molecule has 0 N–H and O–H groups in total. The van der Waals surface area contributed by atoms with Crippen LogP contribution in [0, 0.1) is 5.41 Å². The van der Waals surface area contributed by atoms with Gasteiger partial charge in [0.05, 0.1) is 12.0 Å². The van der Waals surface area contributed by atoms with Crippen molar-refractivity contribution in [1.29, 1.82) is 0 Å².